The van der Waals surface area contributed by atoms with Gasteiger partial charge in [-0.25, -0.2) is 0 Å². The molecule has 4 rings (SSSR count). The lowest BCUT2D eigenvalue weighted by Crippen LogP contribution is -2.24. The van der Waals surface area contributed by atoms with Crippen molar-refractivity contribution >= 4 is 23.4 Å². The summed E-state index contributed by atoms with van der Waals surface area (Å²) in [5.41, 5.74) is 3.42. The molecule has 1 aromatic heterocycles. The van der Waals surface area contributed by atoms with Gasteiger partial charge in [0.05, 0.1) is 18.6 Å². The normalized spacial score (nSPS) is 10.7. The number of rotatable bonds is 9. The van der Waals surface area contributed by atoms with Crippen LogP contribution in [0.4, 0.5) is 5.69 Å². The number of carbonyl (C=O) groups excluding carboxylic acids is 1. The van der Waals surface area contributed by atoms with Gasteiger partial charge in [-0.2, -0.15) is 0 Å². The predicted octanol–water partition coefficient (Wildman–Crippen LogP) is 4.71. The second-order valence-electron chi connectivity index (χ2n) is 7.70. The van der Waals surface area contributed by atoms with Crippen molar-refractivity contribution < 1.29 is 14.5 Å². The van der Waals surface area contributed by atoms with Crippen LogP contribution in [0.3, 0.4) is 0 Å². The van der Waals surface area contributed by atoms with Gasteiger partial charge in [-0.3, -0.25) is 19.5 Å². The van der Waals surface area contributed by atoms with Crippen LogP contribution in [-0.2, 0) is 12.3 Å². The Hall–Kier alpha value is -4.18. The Morgan fingerprint density at radius 2 is 1.86 bits per heavy atom. The van der Waals surface area contributed by atoms with Crippen LogP contribution in [0, 0.1) is 17.0 Å². The first-order chi connectivity index (χ1) is 16.9. The second-order valence-corrected chi connectivity index (χ2v) is 8.64. The minimum Gasteiger partial charge on any atom is -0.497 e. The standard InChI is InChI=1S/C25H23N5O4S/c1-17-5-3-6-18(13-17)16-35-25-28-27-23(29(25)20-9-11-21(12-10-20)30(32)33)15-26-24(31)19-7-4-8-22(14-19)34-2/h3-14H,15-16H2,1-2H3,(H,26,31). The zero-order chi connectivity index (χ0) is 24.8. The molecule has 0 bridgehead atoms. The molecule has 35 heavy (non-hydrogen) atoms. The lowest BCUT2D eigenvalue weighted by molar-refractivity contribution is -0.384. The highest BCUT2D eigenvalue weighted by molar-refractivity contribution is 7.98. The van der Waals surface area contributed by atoms with E-state index in [1.807, 2.05) is 25.1 Å². The molecular weight excluding hydrogens is 466 g/mol. The van der Waals surface area contributed by atoms with Crippen molar-refractivity contribution in [3.05, 3.63) is 105 Å². The fraction of sp³-hybridized carbons (Fsp3) is 0.160. The van der Waals surface area contributed by atoms with Gasteiger partial charge in [0.25, 0.3) is 11.6 Å². The molecule has 0 aliphatic carbocycles. The minimum atomic E-state index is -0.446. The number of ether oxygens (including phenoxy) is 1. The van der Waals surface area contributed by atoms with E-state index in [-0.39, 0.29) is 18.1 Å². The SMILES string of the molecule is COc1cccc(C(=O)NCc2nnc(SCc3cccc(C)c3)n2-c2ccc([N+](=O)[O-])cc2)c1. The lowest BCUT2D eigenvalue weighted by Gasteiger charge is -2.11. The van der Waals surface area contributed by atoms with Crippen LogP contribution >= 0.6 is 11.8 Å². The van der Waals surface area contributed by atoms with E-state index < -0.39 is 4.92 Å². The Morgan fingerprint density at radius 3 is 2.57 bits per heavy atom. The zero-order valence-electron chi connectivity index (χ0n) is 19.2. The molecule has 4 aromatic rings. The number of methoxy groups -OCH3 is 1. The quantitative estimate of drug-likeness (QED) is 0.206. The number of nitro groups is 1. The fourth-order valence-electron chi connectivity index (χ4n) is 3.47. The van der Waals surface area contributed by atoms with Crippen molar-refractivity contribution in [2.75, 3.05) is 7.11 Å². The number of thioether (sulfide) groups is 1. The van der Waals surface area contributed by atoms with Crippen molar-refractivity contribution in [1.82, 2.24) is 20.1 Å². The first-order valence-corrected chi connectivity index (χ1v) is 11.7. The van der Waals surface area contributed by atoms with E-state index in [0.717, 1.165) is 5.56 Å². The number of nitrogens with zero attached hydrogens (tertiary/aromatic N) is 4. The largest absolute Gasteiger partial charge is 0.497 e. The van der Waals surface area contributed by atoms with Gasteiger partial charge in [-0.1, -0.05) is 47.7 Å². The summed E-state index contributed by atoms with van der Waals surface area (Å²) in [5.74, 6) is 1.47. The van der Waals surface area contributed by atoms with Crippen molar-refractivity contribution in [2.45, 2.75) is 24.4 Å². The van der Waals surface area contributed by atoms with Gasteiger partial charge in [0.15, 0.2) is 11.0 Å². The molecule has 1 amide bonds. The maximum Gasteiger partial charge on any atom is 0.269 e. The van der Waals surface area contributed by atoms with E-state index in [2.05, 4.69) is 21.6 Å². The lowest BCUT2D eigenvalue weighted by atomic mass is 10.2. The molecule has 10 heteroatoms. The maximum atomic E-state index is 12.7. The number of benzene rings is 3. The predicted molar refractivity (Wildman–Crippen MR) is 133 cm³/mol. The number of nitro benzene ring substituents is 1. The van der Waals surface area contributed by atoms with E-state index in [1.165, 1.54) is 29.5 Å². The summed E-state index contributed by atoms with van der Waals surface area (Å²) in [6, 6.07) is 21.2. The van der Waals surface area contributed by atoms with Crippen molar-refractivity contribution in [2.24, 2.45) is 0 Å². The number of amides is 1. The van der Waals surface area contributed by atoms with Crippen LogP contribution in [0.1, 0.15) is 27.3 Å². The van der Waals surface area contributed by atoms with Crippen LogP contribution in [0.15, 0.2) is 78.0 Å². The third-order valence-electron chi connectivity index (χ3n) is 5.21. The highest BCUT2D eigenvalue weighted by Crippen LogP contribution is 2.27. The van der Waals surface area contributed by atoms with E-state index in [1.54, 1.807) is 48.1 Å². The van der Waals surface area contributed by atoms with E-state index in [9.17, 15) is 14.9 Å². The molecule has 0 saturated heterocycles. The van der Waals surface area contributed by atoms with Gasteiger partial charge in [0.1, 0.15) is 5.75 Å². The topological polar surface area (TPSA) is 112 Å². The van der Waals surface area contributed by atoms with Crippen LogP contribution in [0.25, 0.3) is 5.69 Å². The Balaban J connectivity index is 1.59. The number of aromatic nitrogens is 3. The number of hydrogen-bond donors (Lipinski definition) is 1. The molecule has 0 aliphatic heterocycles. The summed E-state index contributed by atoms with van der Waals surface area (Å²) in [6.45, 7) is 2.15. The number of aryl methyl sites for hydroxylation is 1. The van der Waals surface area contributed by atoms with Crippen LogP contribution in [-0.4, -0.2) is 32.7 Å². The monoisotopic (exact) mass is 489 g/mol. The molecular formula is C25H23N5O4S. The Morgan fingerprint density at radius 1 is 1.09 bits per heavy atom. The third-order valence-corrected chi connectivity index (χ3v) is 6.21. The molecule has 0 fully saturated rings. The van der Waals surface area contributed by atoms with Gasteiger partial charge >= 0.3 is 0 Å². The Kier molecular flexibility index (Phi) is 7.41. The Labute approximate surface area is 206 Å². The molecule has 1 heterocycles. The summed E-state index contributed by atoms with van der Waals surface area (Å²) < 4.78 is 6.99. The van der Waals surface area contributed by atoms with Gasteiger partial charge < -0.3 is 10.1 Å². The zero-order valence-corrected chi connectivity index (χ0v) is 20.0. The fourth-order valence-corrected chi connectivity index (χ4v) is 4.38. The summed E-state index contributed by atoms with van der Waals surface area (Å²) in [7, 11) is 1.54. The summed E-state index contributed by atoms with van der Waals surface area (Å²) in [4.78, 5) is 23.3. The highest BCUT2D eigenvalue weighted by atomic mass is 32.2. The first kappa shape index (κ1) is 24.0. The average molecular weight is 490 g/mol. The molecule has 0 unspecified atom stereocenters. The molecule has 0 spiro atoms. The molecule has 0 radical (unpaired) electrons. The average Bonchev–Trinajstić information content (AvgIpc) is 3.28. The molecule has 0 atom stereocenters. The third kappa shape index (κ3) is 5.85. The molecule has 9 nitrogen and oxygen atoms in total. The second kappa shape index (κ2) is 10.8. The number of nitrogens with one attached hydrogen (secondary N) is 1. The van der Waals surface area contributed by atoms with Crippen LogP contribution in [0.2, 0.25) is 0 Å². The smallest absolute Gasteiger partial charge is 0.269 e. The van der Waals surface area contributed by atoms with Gasteiger partial charge in [0, 0.05) is 29.1 Å². The molecule has 0 aliphatic rings. The molecule has 1 N–H and O–H groups in total. The van der Waals surface area contributed by atoms with Gasteiger partial charge in [-0.15, -0.1) is 10.2 Å². The molecule has 0 saturated carbocycles. The van der Waals surface area contributed by atoms with E-state index in [4.69, 9.17) is 4.74 Å². The Bertz CT molecular complexity index is 1350. The summed E-state index contributed by atoms with van der Waals surface area (Å²) in [5, 5.41) is 23.2. The number of hydrogen-bond acceptors (Lipinski definition) is 7. The van der Waals surface area contributed by atoms with Crippen molar-refractivity contribution in [1.29, 1.82) is 0 Å². The molecule has 178 valence electrons. The summed E-state index contributed by atoms with van der Waals surface area (Å²) >= 11 is 1.50. The van der Waals surface area contributed by atoms with Crippen molar-refractivity contribution in [3.63, 3.8) is 0 Å². The molecule has 3 aromatic carbocycles. The highest BCUT2D eigenvalue weighted by Gasteiger charge is 2.17. The summed E-state index contributed by atoms with van der Waals surface area (Å²) in [6.07, 6.45) is 0. The van der Waals surface area contributed by atoms with Crippen LogP contribution in [0.5, 0.6) is 5.75 Å². The van der Waals surface area contributed by atoms with Crippen molar-refractivity contribution in [3.8, 4) is 11.4 Å². The van der Waals surface area contributed by atoms with Crippen LogP contribution < -0.4 is 10.1 Å². The number of non-ortho nitro benzene ring substituents is 1. The van der Waals surface area contributed by atoms with E-state index in [0.29, 0.717) is 33.7 Å². The van der Waals surface area contributed by atoms with Gasteiger partial charge in [-0.05, 0) is 42.8 Å². The van der Waals surface area contributed by atoms with Gasteiger partial charge in [0.2, 0.25) is 0 Å². The number of carbonyl (C=O) groups is 1. The first-order valence-electron chi connectivity index (χ1n) is 10.7. The minimum absolute atomic E-state index is 0.0105. The maximum absolute atomic E-state index is 12.7. The van der Waals surface area contributed by atoms with E-state index >= 15 is 0 Å².